The van der Waals surface area contributed by atoms with E-state index in [9.17, 15) is 0 Å². The minimum absolute atomic E-state index is 0.0609. The highest BCUT2D eigenvalue weighted by atomic mass is 32.1. The van der Waals surface area contributed by atoms with Crippen LogP contribution in [0.4, 0.5) is 5.82 Å². The van der Waals surface area contributed by atoms with Crippen molar-refractivity contribution in [1.29, 1.82) is 0 Å². The largest absolute Gasteiger partial charge is 0.368 e. The Morgan fingerprint density at radius 2 is 2.21 bits per heavy atom. The summed E-state index contributed by atoms with van der Waals surface area (Å²) >= 11 is 1.77. The maximum absolute atomic E-state index is 4.29. The fourth-order valence-electron chi connectivity index (χ4n) is 1.81. The summed E-state index contributed by atoms with van der Waals surface area (Å²) in [4.78, 5) is 1.35. The maximum Gasteiger partial charge on any atom is 0.200 e. The molecule has 7 heteroatoms. The molecule has 0 saturated heterocycles. The third-order valence-electron chi connectivity index (χ3n) is 2.97. The van der Waals surface area contributed by atoms with E-state index in [1.807, 2.05) is 12.1 Å². The molecule has 6 nitrogen and oxygen atoms in total. The van der Waals surface area contributed by atoms with E-state index in [2.05, 4.69) is 57.3 Å². The molecular formula is C12H14N6S. The number of anilines is 1. The zero-order valence-corrected chi connectivity index (χ0v) is 11.6. The first kappa shape index (κ1) is 12.0. The van der Waals surface area contributed by atoms with Crippen LogP contribution in [-0.4, -0.2) is 31.8 Å². The smallest absolute Gasteiger partial charge is 0.200 e. The molecule has 0 aromatic carbocycles. The number of aromatic nitrogens is 5. The normalized spacial score (nSPS) is 11.9. The number of fused-ring (bicyclic) bond motifs is 1. The van der Waals surface area contributed by atoms with Crippen molar-refractivity contribution >= 4 is 22.8 Å². The Morgan fingerprint density at radius 1 is 1.32 bits per heavy atom. The maximum atomic E-state index is 4.29. The van der Waals surface area contributed by atoms with Crippen LogP contribution in [0.15, 0.2) is 29.6 Å². The van der Waals surface area contributed by atoms with Crippen LogP contribution in [-0.2, 0) is 5.41 Å². The van der Waals surface area contributed by atoms with Crippen molar-refractivity contribution in [3.8, 4) is 0 Å². The summed E-state index contributed by atoms with van der Waals surface area (Å²) in [6, 6.07) is 7.96. The van der Waals surface area contributed by atoms with Crippen molar-refractivity contribution < 1.29 is 0 Å². The van der Waals surface area contributed by atoms with Crippen molar-refractivity contribution in [1.82, 2.24) is 25.3 Å². The lowest BCUT2D eigenvalue weighted by atomic mass is 9.91. The summed E-state index contributed by atoms with van der Waals surface area (Å²) in [7, 11) is 0. The lowest BCUT2D eigenvalue weighted by molar-refractivity contribution is 0.567. The molecule has 98 valence electrons. The number of tetrazole rings is 1. The minimum Gasteiger partial charge on any atom is -0.368 e. The standard InChI is InChI=1S/C12H14N6S/c1-12(2,9-4-3-7-19-9)8-13-10-5-6-11-14-16-17-18(11)15-10/h3-7H,8H2,1-2H3,(H,13,15). The third kappa shape index (κ3) is 2.41. The lowest BCUT2D eigenvalue weighted by Crippen LogP contribution is -2.27. The number of rotatable bonds is 4. The molecular weight excluding hydrogens is 260 g/mol. The zero-order chi connectivity index (χ0) is 13.3. The van der Waals surface area contributed by atoms with E-state index < -0.39 is 0 Å². The van der Waals surface area contributed by atoms with Gasteiger partial charge in [-0.05, 0) is 34.0 Å². The molecule has 3 heterocycles. The van der Waals surface area contributed by atoms with Crippen LogP contribution in [0.25, 0.3) is 5.65 Å². The topological polar surface area (TPSA) is 68.0 Å². The zero-order valence-electron chi connectivity index (χ0n) is 10.7. The van der Waals surface area contributed by atoms with Gasteiger partial charge in [-0.25, -0.2) is 0 Å². The van der Waals surface area contributed by atoms with Gasteiger partial charge in [0.2, 0.25) is 0 Å². The van der Waals surface area contributed by atoms with Gasteiger partial charge < -0.3 is 5.32 Å². The van der Waals surface area contributed by atoms with Crippen molar-refractivity contribution in [2.75, 3.05) is 11.9 Å². The Hall–Kier alpha value is -2.02. The molecule has 3 rings (SSSR count). The average Bonchev–Trinajstić information content (AvgIpc) is 3.07. The molecule has 0 bridgehead atoms. The van der Waals surface area contributed by atoms with E-state index in [1.54, 1.807) is 11.3 Å². The highest BCUT2D eigenvalue weighted by Crippen LogP contribution is 2.27. The summed E-state index contributed by atoms with van der Waals surface area (Å²) in [5.74, 6) is 0.768. The van der Waals surface area contributed by atoms with Gasteiger partial charge in [-0.1, -0.05) is 19.9 Å². The number of nitrogens with one attached hydrogen (secondary N) is 1. The molecule has 0 aliphatic heterocycles. The summed E-state index contributed by atoms with van der Waals surface area (Å²) in [5, 5.41) is 20.9. The molecule has 0 saturated carbocycles. The summed E-state index contributed by atoms with van der Waals surface area (Å²) in [6.45, 7) is 5.22. The first-order valence-electron chi connectivity index (χ1n) is 5.98. The molecule has 0 atom stereocenters. The lowest BCUT2D eigenvalue weighted by Gasteiger charge is -2.23. The van der Waals surface area contributed by atoms with Gasteiger partial charge >= 0.3 is 0 Å². The monoisotopic (exact) mass is 274 g/mol. The Bertz CT molecular complexity index is 672. The fourth-order valence-corrected chi connectivity index (χ4v) is 2.66. The molecule has 0 aliphatic carbocycles. The number of hydrogen-bond donors (Lipinski definition) is 1. The summed E-state index contributed by atoms with van der Waals surface area (Å²) in [6.07, 6.45) is 0. The van der Waals surface area contributed by atoms with E-state index in [-0.39, 0.29) is 5.41 Å². The van der Waals surface area contributed by atoms with Gasteiger partial charge in [-0.3, -0.25) is 0 Å². The van der Waals surface area contributed by atoms with E-state index in [4.69, 9.17) is 0 Å². The quantitative estimate of drug-likeness (QED) is 0.787. The van der Waals surface area contributed by atoms with Crippen molar-refractivity contribution in [3.05, 3.63) is 34.5 Å². The Labute approximate surface area is 114 Å². The summed E-state index contributed by atoms with van der Waals surface area (Å²) in [5.41, 5.74) is 0.703. The number of nitrogens with zero attached hydrogens (tertiary/aromatic N) is 5. The second-order valence-corrected chi connectivity index (χ2v) is 5.91. The first-order chi connectivity index (χ1) is 9.15. The highest BCUT2D eigenvalue weighted by molar-refractivity contribution is 7.10. The number of hydrogen-bond acceptors (Lipinski definition) is 6. The van der Waals surface area contributed by atoms with Gasteiger partial charge in [0, 0.05) is 16.8 Å². The van der Waals surface area contributed by atoms with Crippen molar-refractivity contribution in [2.45, 2.75) is 19.3 Å². The second kappa shape index (κ2) is 4.58. The predicted octanol–water partition coefficient (Wildman–Crippen LogP) is 1.97. The van der Waals surface area contributed by atoms with E-state index in [0.717, 1.165) is 12.4 Å². The third-order valence-corrected chi connectivity index (χ3v) is 4.21. The Kier molecular flexibility index (Phi) is 2.90. The highest BCUT2D eigenvalue weighted by Gasteiger charge is 2.21. The van der Waals surface area contributed by atoms with Crippen LogP contribution in [0.5, 0.6) is 0 Å². The fraction of sp³-hybridized carbons (Fsp3) is 0.333. The summed E-state index contributed by atoms with van der Waals surface area (Å²) < 4.78 is 1.42. The molecule has 0 fully saturated rings. The Balaban J connectivity index is 1.75. The van der Waals surface area contributed by atoms with Gasteiger partial charge in [0.15, 0.2) is 5.65 Å². The van der Waals surface area contributed by atoms with Gasteiger partial charge in [0.1, 0.15) is 5.82 Å². The molecule has 0 aliphatic rings. The van der Waals surface area contributed by atoms with E-state index >= 15 is 0 Å². The van der Waals surface area contributed by atoms with Crippen LogP contribution in [0.1, 0.15) is 18.7 Å². The van der Waals surface area contributed by atoms with Crippen LogP contribution < -0.4 is 5.32 Å². The van der Waals surface area contributed by atoms with Crippen LogP contribution >= 0.6 is 11.3 Å². The van der Waals surface area contributed by atoms with Crippen LogP contribution in [0, 0.1) is 0 Å². The van der Waals surface area contributed by atoms with Crippen LogP contribution in [0.2, 0.25) is 0 Å². The Morgan fingerprint density at radius 3 is 3.00 bits per heavy atom. The van der Waals surface area contributed by atoms with Crippen LogP contribution in [0.3, 0.4) is 0 Å². The molecule has 3 aromatic rings. The molecule has 1 N–H and O–H groups in total. The van der Waals surface area contributed by atoms with Gasteiger partial charge in [0.25, 0.3) is 0 Å². The molecule has 0 radical (unpaired) electrons. The van der Waals surface area contributed by atoms with Gasteiger partial charge in [0.05, 0.1) is 0 Å². The van der Waals surface area contributed by atoms with Crippen molar-refractivity contribution in [2.24, 2.45) is 0 Å². The van der Waals surface area contributed by atoms with Crippen molar-refractivity contribution in [3.63, 3.8) is 0 Å². The van der Waals surface area contributed by atoms with Gasteiger partial charge in [-0.15, -0.1) is 26.2 Å². The molecule has 0 amide bonds. The SMILES string of the molecule is CC(C)(CNc1ccc2nnnn2n1)c1cccs1. The first-order valence-corrected chi connectivity index (χ1v) is 6.86. The molecule has 19 heavy (non-hydrogen) atoms. The van der Waals surface area contributed by atoms with Gasteiger partial charge in [-0.2, -0.15) is 0 Å². The average molecular weight is 274 g/mol. The molecule has 0 unspecified atom stereocenters. The van der Waals surface area contributed by atoms with E-state index in [0.29, 0.717) is 5.65 Å². The van der Waals surface area contributed by atoms with E-state index in [1.165, 1.54) is 9.51 Å². The minimum atomic E-state index is 0.0609. The number of thiophene rings is 1. The predicted molar refractivity (Wildman–Crippen MR) is 74.4 cm³/mol. The second-order valence-electron chi connectivity index (χ2n) is 4.96. The molecule has 0 spiro atoms. The molecule has 3 aromatic heterocycles.